The summed E-state index contributed by atoms with van der Waals surface area (Å²) in [6, 6.07) is 9.63. The first-order chi connectivity index (χ1) is 5.81. The molecule has 2 atom stereocenters. The van der Waals surface area contributed by atoms with Crippen molar-refractivity contribution in [3.63, 3.8) is 0 Å². The summed E-state index contributed by atoms with van der Waals surface area (Å²) >= 11 is 0. The Bertz CT molecular complexity index is 323. The molecule has 1 saturated heterocycles. The van der Waals surface area contributed by atoms with Crippen molar-refractivity contribution in [2.24, 2.45) is 0 Å². The smallest absolute Gasteiger partial charge is 0.109 e. The van der Waals surface area contributed by atoms with Crippen LogP contribution in [-0.2, 0) is 4.74 Å². The summed E-state index contributed by atoms with van der Waals surface area (Å²) in [7, 11) is 0. The van der Waals surface area contributed by atoms with Crippen LogP contribution in [0.4, 0.5) is 0 Å². The first-order valence-corrected chi connectivity index (χ1v) is 3.97. The minimum Gasteiger partial charge on any atom is -0.365 e. The van der Waals surface area contributed by atoms with E-state index in [1.165, 1.54) is 5.56 Å². The standard InChI is InChI=1S/C10H9NO/c1-7-10(12-7)9-4-2-8(6-11)3-5-9/h2-5,7,10H,1H3/t7-,10-/m0/s1. The van der Waals surface area contributed by atoms with E-state index >= 15 is 0 Å². The van der Waals surface area contributed by atoms with E-state index in [-0.39, 0.29) is 6.10 Å². The van der Waals surface area contributed by atoms with Crippen molar-refractivity contribution in [1.82, 2.24) is 0 Å². The van der Waals surface area contributed by atoms with E-state index in [4.69, 9.17) is 10.00 Å². The molecule has 60 valence electrons. The maximum absolute atomic E-state index is 8.55. The number of hydrogen-bond donors (Lipinski definition) is 0. The monoisotopic (exact) mass is 159 g/mol. The molecule has 1 aliphatic heterocycles. The van der Waals surface area contributed by atoms with Crippen LogP contribution in [0, 0.1) is 11.3 Å². The van der Waals surface area contributed by atoms with Gasteiger partial charge in [0.05, 0.1) is 17.7 Å². The Balaban J connectivity index is 2.21. The van der Waals surface area contributed by atoms with Gasteiger partial charge in [0.15, 0.2) is 0 Å². The molecule has 0 aromatic heterocycles. The lowest BCUT2D eigenvalue weighted by atomic mass is 10.1. The summed E-state index contributed by atoms with van der Waals surface area (Å²) < 4.78 is 5.29. The molecule has 0 unspecified atom stereocenters. The maximum Gasteiger partial charge on any atom is 0.109 e. The Kier molecular flexibility index (Phi) is 1.60. The third-order valence-electron chi connectivity index (χ3n) is 2.08. The highest BCUT2D eigenvalue weighted by Crippen LogP contribution is 2.37. The van der Waals surface area contributed by atoms with Gasteiger partial charge in [0.25, 0.3) is 0 Å². The van der Waals surface area contributed by atoms with Crippen LogP contribution in [0.3, 0.4) is 0 Å². The molecule has 12 heavy (non-hydrogen) atoms. The molecule has 1 aromatic carbocycles. The zero-order chi connectivity index (χ0) is 8.55. The number of epoxide rings is 1. The van der Waals surface area contributed by atoms with Crippen LogP contribution < -0.4 is 0 Å². The molecular weight excluding hydrogens is 150 g/mol. The summed E-state index contributed by atoms with van der Waals surface area (Å²) in [4.78, 5) is 0. The molecule has 1 aliphatic rings. The second kappa shape index (κ2) is 2.62. The Morgan fingerprint density at radius 3 is 2.33 bits per heavy atom. The van der Waals surface area contributed by atoms with E-state index < -0.39 is 0 Å². The van der Waals surface area contributed by atoms with E-state index in [0.29, 0.717) is 11.7 Å². The largest absolute Gasteiger partial charge is 0.365 e. The summed E-state index contributed by atoms with van der Waals surface area (Å²) in [6.45, 7) is 2.04. The van der Waals surface area contributed by atoms with Crippen LogP contribution in [-0.4, -0.2) is 6.10 Å². The van der Waals surface area contributed by atoms with Gasteiger partial charge in [-0.25, -0.2) is 0 Å². The molecule has 0 spiro atoms. The molecule has 1 heterocycles. The fourth-order valence-electron chi connectivity index (χ4n) is 1.28. The second-order valence-electron chi connectivity index (χ2n) is 3.00. The van der Waals surface area contributed by atoms with Gasteiger partial charge in [-0.2, -0.15) is 5.26 Å². The fourth-order valence-corrected chi connectivity index (χ4v) is 1.28. The van der Waals surface area contributed by atoms with Crippen molar-refractivity contribution in [3.8, 4) is 6.07 Å². The quantitative estimate of drug-likeness (QED) is 0.588. The van der Waals surface area contributed by atoms with Gasteiger partial charge in [-0.1, -0.05) is 12.1 Å². The van der Waals surface area contributed by atoms with Crippen molar-refractivity contribution in [1.29, 1.82) is 5.26 Å². The first kappa shape index (κ1) is 7.33. The number of nitriles is 1. The SMILES string of the molecule is C[C@@H]1O[C@@H]1c1ccc(C#N)cc1. The Hall–Kier alpha value is -1.33. The van der Waals surface area contributed by atoms with Crippen molar-refractivity contribution >= 4 is 0 Å². The summed E-state index contributed by atoms with van der Waals surface area (Å²) in [5, 5.41) is 8.55. The summed E-state index contributed by atoms with van der Waals surface area (Å²) in [5.74, 6) is 0. The van der Waals surface area contributed by atoms with Gasteiger partial charge in [-0.3, -0.25) is 0 Å². The van der Waals surface area contributed by atoms with E-state index in [9.17, 15) is 0 Å². The predicted octanol–water partition coefficient (Wildman–Crippen LogP) is 2.02. The van der Waals surface area contributed by atoms with E-state index in [1.54, 1.807) is 0 Å². The van der Waals surface area contributed by atoms with Crippen LogP contribution in [0.5, 0.6) is 0 Å². The summed E-state index contributed by atoms with van der Waals surface area (Å²) in [6.07, 6.45) is 0.607. The molecule has 2 rings (SSSR count). The van der Waals surface area contributed by atoms with Gasteiger partial charge in [0, 0.05) is 0 Å². The zero-order valence-corrected chi connectivity index (χ0v) is 6.82. The average molecular weight is 159 g/mol. The van der Waals surface area contributed by atoms with Gasteiger partial charge in [-0.15, -0.1) is 0 Å². The van der Waals surface area contributed by atoms with E-state index in [1.807, 2.05) is 31.2 Å². The molecule has 0 saturated carbocycles. The lowest BCUT2D eigenvalue weighted by Crippen LogP contribution is -1.83. The number of benzene rings is 1. The van der Waals surface area contributed by atoms with Crippen molar-refractivity contribution in [2.45, 2.75) is 19.1 Å². The van der Waals surface area contributed by atoms with Gasteiger partial charge >= 0.3 is 0 Å². The molecule has 1 fully saturated rings. The van der Waals surface area contributed by atoms with Crippen LogP contribution in [0.15, 0.2) is 24.3 Å². The van der Waals surface area contributed by atoms with Crippen molar-refractivity contribution in [2.75, 3.05) is 0 Å². The third kappa shape index (κ3) is 1.19. The molecular formula is C10H9NO. The molecule has 0 N–H and O–H groups in total. The van der Waals surface area contributed by atoms with Gasteiger partial charge in [0.1, 0.15) is 6.10 Å². The number of rotatable bonds is 1. The summed E-state index contributed by atoms with van der Waals surface area (Å²) in [5.41, 5.74) is 1.87. The lowest BCUT2D eigenvalue weighted by molar-refractivity contribution is 0.383. The third-order valence-corrected chi connectivity index (χ3v) is 2.08. The van der Waals surface area contributed by atoms with Crippen LogP contribution in [0.1, 0.15) is 24.2 Å². The zero-order valence-electron chi connectivity index (χ0n) is 6.82. The highest BCUT2D eigenvalue weighted by Gasteiger charge is 2.35. The second-order valence-corrected chi connectivity index (χ2v) is 3.00. The molecule has 1 aromatic rings. The van der Waals surface area contributed by atoms with Gasteiger partial charge in [-0.05, 0) is 24.6 Å². The van der Waals surface area contributed by atoms with Gasteiger partial charge in [0.2, 0.25) is 0 Å². The highest BCUT2D eigenvalue weighted by molar-refractivity contribution is 5.33. The average Bonchev–Trinajstić information content (AvgIpc) is 2.83. The minimum atomic E-state index is 0.262. The van der Waals surface area contributed by atoms with Crippen LogP contribution >= 0.6 is 0 Å². The lowest BCUT2D eigenvalue weighted by Gasteiger charge is -1.93. The number of ether oxygens (including phenoxy) is 1. The topological polar surface area (TPSA) is 36.3 Å². The molecule has 0 radical (unpaired) electrons. The highest BCUT2D eigenvalue weighted by atomic mass is 16.6. The molecule has 2 nitrogen and oxygen atoms in total. The Morgan fingerprint density at radius 1 is 1.33 bits per heavy atom. The number of nitrogens with zero attached hydrogens (tertiary/aromatic N) is 1. The fraction of sp³-hybridized carbons (Fsp3) is 0.300. The van der Waals surface area contributed by atoms with Crippen LogP contribution in [0.2, 0.25) is 0 Å². The van der Waals surface area contributed by atoms with Crippen LogP contribution in [0.25, 0.3) is 0 Å². The predicted molar refractivity (Wildman–Crippen MR) is 44.4 cm³/mol. The molecule has 0 aliphatic carbocycles. The van der Waals surface area contributed by atoms with Crippen molar-refractivity contribution < 1.29 is 4.74 Å². The van der Waals surface area contributed by atoms with Crippen molar-refractivity contribution in [3.05, 3.63) is 35.4 Å². The van der Waals surface area contributed by atoms with Gasteiger partial charge < -0.3 is 4.74 Å². The minimum absolute atomic E-state index is 0.262. The van der Waals surface area contributed by atoms with E-state index in [2.05, 4.69) is 6.07 Å². The number of hydrogen-bond acceptors (Lipinski definition) is 2. The van der Waals surface area contributed by atoms with E-state index in [0.717, 1.165) is 0 Å². The first-order valence-electron chi connectivity index (χ1n) is 3.97. The molecule has 0 amide bonds. The molecule has 0 bridgehead atoms. The Labute approximate surface area is 71.4 Å². The normalized spacial score (nSPS) is 26.3. The maximum atomic E-state index is 8.55. The molecule has 2 heteroatoms. The Morgan fingerprint density at radius 2 is 1.92 bits per heavy atom.